The molecule has 0 aliphatic heterocycles. The van der Waals surface area contributed by atoms with Crippen molar-refractivity contribution in [2.45, 2.75) is 12.8 Å². The Morgan fingerprint density at radius 3 is 2.76 bits per heavy atom. The number of aromatic nitrogens is 1. The molecule has 17 heavy (non-hydrogen) atoms. The van der Waals surface area contributed by atoms with Crippen LogP contribution in [0.5, 0.6) is 11.5 Å². The zero-order valence-corrected chi connectivity index (χ0v) is 10.8. The SMILES string of the molecule is Cc1ccc(Oc2ccncc2CCl)c(Cl)c1. The van der Waals surface area contributed by atoms with Crippen LogP contribution in [-0.2, 0) is 5.88 Å². The molecule has 0 unspecified atom stereocenters. The van der Waals surface area contributed by atoms with Crippen molar-refractivity contribution < 1.29 is 4.74 Å². The average Bonchev–Trinajstić information content (AvgIpc) is 2.33. The molecule has 0 bridgehead atoms. The van der Waals surface area contributed by atoms with Gasteiger partial charge in [-0.05, 0) is 30.7 Å². The first-order chi connectivity index (χ1) is 8.20. The number of halogens is 2. The Bertz CT molecular complexity index is 529. The van der Waals surface area contributed by atoms with Crippen molar-refractivity contribution in [3.8, 4) is 11.5 Å². The van der Waals surface area contributed by atoms with Crippen LogP contribution in [0.2, 0.25) is 5.02 Å². The molecular weight excluding hydrogens is 257 g/mol. The summed E-state index contributed by atoms with van der Waals surface area (Å²) in [6.45, 7) is 1.98. The van der Waals surface area contributed by atoms with E-state index in [-0.39, 0.29) is 0 Å². The van der Waals surface area contributed by atoms with Crippen molar-refractivity contribution in [2.75, 3.05) is 0 Å². The zero-order valence-electron chi connectivity index (χ0n) is 9.28. The van der Waals surface area contributed by atoms with Crippen molar-refractivity contribution in [2.24, 2.45) is 0 Å². The predicted molar refractivity (Wildman–Crippen MR) is 70.1 cm³/mol. The molecule has 1 aromatic heterocycles. The fourth-order valence-corrected chi connectivity index (χ4v) is 1.90. The van der Waals surface area contributed by atoms with E-state index in [0.29, 0.717) is 22.4 Å². The lowest BCUT2D eigenvalue weighted by atomic mass is 10.2. The third-order valence-corrected chi connectivity index (χ3v) is 2.89. The third kappa shape index (κ3) is 2.90. The number of pyridine rings is 1. The molecule has 0 amide bonds. The highest BCUT2D eigenvalue weighted by Crippen LogP contribution is 2.31. The summed E-state index contributed by atoms with van der Waals surface area (Å²) in [6.07, 6.45) is 3.35. The number of aryl methyl sites for hydroxylation is 1. The molecule has 4 heteroatoms. The molecule has 0 saturated heterocycles. The van der Waals surface area contributed by atoms with E-state index in [4.69, 9.17) is 27.9 Å². The predicted octanol–water partition coefficient (Wildman–Crippen LogP) is 4.57. The molecule has 2 aromatic rings. The van der Waals surface area contributed by atoms with Crippen LogP contribution in [0, 0.1) is 6.92 Å². The molecule has 0 spiro atoms. The topological polar surface area (TPSA) is 22.1 Å². The first-order valence-corrected chi connectivity index (χ1v) is 6.05. The Hall–Kier alpha value is -1.25. The summed E-state index contributed by atoms with van der Waals surface area (Å²) >= 11 is 11.9. The Morgan fingerprint density at radius 2 is 2.06 bits per heavy atom. The van der Waals surface area contributed by atoms with Gasteiger partial charge in [0.2, 0.25) is 0 Å². The quantitative estimate of drug-likeness (QED) is 0.760. The van der Waals surface area contributed by atoms with Gasteiger partial charge in [-0.25, -0.2) is 0 Å². The Kier molecular flexibility index (Phi) is 3.87. The van der Waals surface area contributed by atoms with E-state index in [9.17, 15) is 0 Å². The van der Waals surface area contributed by atoms with Crippen LogP contribution in [-0.4, -0.2) is 4.98 Å². The fourth-order valence-electron chi connectivity index (χ4n) is 1.42. The third-order valence-electron chi connectivity index (χ3n) is 2.31. The van der Waals surface area contributed by atoms with Gasteiger partial charge in [0.15, 0.2) is 0 Å². The van der Waals surface area contributed by atoms with Gasteiger partial charge in [0.25, 0.3) is 0 Å². The van der Waals surface area contributed by atoms with E-state index >= 15 is 0 Å². The van der Waals surface area contributed by atoms with Crippen LogP contribution in [0.15, 0.2) is 36.7 Å². The maximum absolute atomic E-state index is 6.10. The molecule has 2 nitrogen and oxygen atoms in total. The lowest BCUT2D eigenvalue weighted by Gasteiger charge is -2.10. The highest BCUT2D eigenvalue weighted by molar-refractivity contribution is 6.32. The van der Waals surface area contributed by atoms with Crippen LogP contribution in [0.4, 0.5) is 0 Å². The molecule has 0 atom stereocenters. The van der Waals surface area contributed by atoms with Gasteiger partial charge in [0.1, 0.15) is 11.5 Å². The van der Waals surface area contributed by atoms with Gasteiger partial charge in [-0.3, -0.25) is 4.98 Å². The maximum Gasteiger partial charge on any atom is 0.146 e. The molecule has 0 aliphatic carbocycles. The van der Waals surface area contributed by atoms with Gasteiger partial charge in [-0.2, -0.15) is 0 Å². The molecule has 1 heterocycles. The number of benzene rings is 1. The second-order valence-corrected chi connectivity index (χ2v) is 4.33. The minimum Gasteiger partial charge on any atom is -0.455 e. The van der Waals surface area contributed by atoms with Gasteiger partial charge < -0.3 is 4.74 Å². The van der Waals surface area contributed by atoms with E-state index in [2.05, 4.69) is 4.98 Å². The van der Waals surface area contributed by atoms with Crippen molar-refractivity contribution in [1.82, 2.24) is 4.98 Å². The van der Waals surface area contributed by atoms with Gasteiger partial charge in [-0.15, -0.1) is 11.6 Å². The molecule has 2 rings (SSSR count). The highest BCUT2D eigenvalue weighted by Gasteiger charge is 2.07. The fraction of sp³-hybridized carbons (Fsp3) is 0.154. The van der Waals surface area contributed by atoms with Gasteiger partial charge >= 0.3 is 0 Å². The van der Waals surface area contributed by atoms with Gasteiger partial charge in [-0.1, -0.05) is 17.7 Å². The summed E-state index contributed by atoms with van der Waals surface area (Å²) in [4.78, 5) is 4.00. The molecule has 0 saturated carbocycles. The number of hydrogen-bond donors (Lipinski definition) is 0. The Morgan fingerprint density at radius 1 is 1.24 bits per heavy atom. The Labute approximate surface area is 110 Å². The molecule has 0 fully saturated rings. The number of hydrogen-bond acceptors (Lipinski definition) is 2. The van der Waals surface area contributed by atoms with Crippen molar-refractivity contribution in [3.05, 3.63) is 52.8 Å². The van der Waals surface area contributed by atoms with Gasteiger partial charge in [0, 0.05) is 18.0 Å². The minimum atomic E-state index is 0.354. The summed E-state index contributed by atoms with van der Waals surface area (Å²) in [6, 6.07) is 7.42. The van der Waals surface area contributed by atoms with E-state index in [1.54, 1.807) is 18.5 Å². The number of rotatable bonds is 3. The summed E-state index contributed by atoms with van der Waals surface area (Å²) in [7, 11) is 0. The second-order valence-electron chi connectivity index (χ2n) is 3.65. The monoisotopic (exact) mass is 267 g/mol. The van der Waals surface area contributed by atoms with Crippen LogP contribution in [0.25, 0.3) is 0 Å². The number of nitrogens with zero attached hydrogens (tertiary/aromatic N) is 1. The smallest absolute Gasteiger partial charge is 0.146 e. The lowest BCUT2D eigenvalue weighted by molar-refractivity contribution is 0.477. The van der Waals surface area contributed by atoms with Crippen LogP contribution in [0.1, 0.15) is 11.1 Å². The largest absolute Gasteiger partial charge is 0.455 e. The molecule has 1 aromatic carbocycles. The maximum atomic E-state index is 6.10. The number of alkyl halides is 1. The molecular formula is C13H11Cl2NO. The van der Waals surface area contributed by atoms with E-state index < -0.39 is 0 Å². The minimum absolute atomic E-state index is 0.354. The first kappa shape index (κ1) is 12.2. The van der Waals surface area contributed by atoms with Crippen LogP contribution in [0.3, 0.4) is 0 Å². The molecule has 0 radical (unpaired) electrons. The Balaban J connectivity index is 2.31. The van der Waals surface area contributed by atoms with E-state index in [1.165, 1.54) is 0 Å². The average molecular weight is 268 g/mol. The van der Waals surface area contributed by atoms with Gasteiger partial charge in [0.05, 0.1) is 10.9 Å². The summed E-state index contributed by atoms with van der Waals surface area (Å²) in [5.41, 5.74) is 1.93. The van der Waals surface area contributed by atoms with Crippen LogP contribution >= 0.6 is 23.2 Å². The summed E-state index contributed by atoms with van der Waals surface area (Å²) in [5.74, 6) is 1.66. The van der Waals surface area contributed by atoms with Crippen LogP contribution < -0.4 is 4.74 Å². The standard InChI is InChI=1S/C13H11Cl2NO/c1-9-2-3-13(11(15)6-9)17-12-4-5-16-8-10(12)7-14/h2-6,8H,7H2,1H3. The summed E-state index contributed by atoms with van der Waals surface area (Å²) in [5, 5.41) is 0.585. The molecule has 0 aliphatic rings. The normalized spacial score (nSPS) is 10.3. The van der Waals surface area contributed by atoms with E-state index in [1.807, 2.05) is 25.1 Å². The van der Waals surface area contributed by atoms with Crippen molar-refractivity contribution >= 4 is 23.2 Å². The molecule has 88 valence electrons. The molecule has 0 N–H and O–H groups in total. The second kappa shape index (κ2) is 5.39. The van der Waals surface area contributed by atoms with E-state index in [0.717, 1.165) is 11.1 Å². The highest BCUT2D eigenvalue weighted by atomic mass is 35.5. The zero-order chi connectivity index (χ0) is 12.3. The lowest BCUT2D eigenvalue weighted by Crippen LogP contribution is -1.91. The number of ether oxygens (including phenoxy) is 1. The van der Waals surface area contributed by atoms with Crippen molar-refractivity contribution in [1.29, 1.82) is 0 Å². The summed E-state index contributed by atoms with van der Waals surface area (Å²) < 4.78 is 5.73. The first-order valence-electron chi connectivity index (χ1n) is 5.13. The van der Waals surface area contributed by atoms with Crippen molar-refractivity contribution in [3.63, 3.8) is 0 Å².